The molecule has 2 atom stereocenters. The molecule has 1 saturated heterocycles. The third kappa shape index (κ3) is 5.46. The minimum absolute atomic E-state index is 0. The molecule has 0 radical (unpaired) electrons. The SMILES string of the molecule is CN1N=C2CCN(C(=O)[C@H](COCc3ccccc3)NC(=O)C(C)(C)N)C[C@@]2(C)C1=O.Cl. The van der Waals surface area contributed by atoms with E-state index >= 15 is 0 Å². The first kappa shape index (κ1) is 25.8. The number of hydrogen-bond acceptors (Lipinski definition) is 6. The predicted octanol–water partition coefficient (Wildman–Crippen LogP) is 0.914. The van der Waals surface area contributed by atoms with Crippen molar-refractivity contribution in [2.24, 2.45) is 16.3 Å². The van der Waals surface area contributed by atoms with Crippen LogP contribution >= 0.6 is 12.4 Å². The Morgan fingerprint density at radius 3 is 2.59 bits per heavy atom. The van der Waals surface area contributed by atoms with E-state index in [0.717, 1.165) is 11.3 Å². The number of nitrogens with zero attached hydrogens (tertiary/aromatic N) is 3. The molecule has 9 nitrogen and oxygen atoms in total. The molecule has 10 heteroatoms. The Morgan fingerprint density at radius 2 is 1.97 bits per heavy atom. The molecule has 0 bridgehead atoms. The van der Waals surface area contributed by atoms with E-state index in [1.54, 1.807) is 32.7 Å². The van der Waals surface area contributed by atoms with E-state index in [0.29, 0.717) is 19.6 Å². The molecule has 3 amide bonds. The van der Waals surface area contributed by atoms with E-state index in [2.05, 4.69) is 10.4 Å². The lowest BCUT2D eigenvalue weighted by molar-refractivity contribution is -0.143. The maximum absolute atomic E-state index is 13.3. The molecule has 3 rings (SSSR count). The summed E-state index contributed by atoms with van der Waals surface area (Å²) in [5.74, 6) is -0.881. The highest BCUT2D eigenvalue weighted by molar-refractivity contribution is 6.13. The highest BCUT2D eigenvalue weighted by atomic mass is 35.5. The summed E-state index contributed by atoms with van der Waals surface area (Å²) in [5.41, 5.74) is 5.67. The zero-order valence-electron chi connectivity index (χ0n) is 19.0. The third-order valence-corrected chi connectivity index (χ3v) is 5.70. The van der Waals surface area contributed by atoms with Crippen molar-refractivity contribution < 1.29 is 19.1 Å². The van der Waals surface area contributed by atoms with Crippen LogP contribution in [-0.4, -0.2) is 71.7 Å². The van der Waals surface area contributed by atoms with Crippen molar-refractivity contribution in [3.05, 3.63) is 35.9 Å². The van der Waals surface area contributed by atoms with E-state index in [-0.39, 0.29) is 37.4 Å². The monoisotopic (exact) mass is 465 g/mol. The fraction of sp³-hybridized carbons (Fsp3) is 0.545. The second kappa shape index (κ2) is 9.97. The lowest BCUT2D eigenvalue weighted by Crippen LogP contribution is -2.60. The zero-order chi connectivity index (χ0) is 22.8. The molecule has 1 fully saturated rings. The molecule has 2 aliphatic rings. The Labute approximate surface area is 194 Å². The molecule has 0 aromatic heterocycles. The summed E-state index contributed by atoms with van der Waals surface area (Å²) < 4.78 is 5.76. The molecule has 1 aromatic carbocycles. The first-order chi connectivity index (χ1) is 14.5. The average molecular weight is 466 g/mol. The number of hydrazone groups is 1. The predicted molar refractivity (Wildman–Crippen MR) is 123 cm³/mol. The Morgan fingerprint density at radius 1 is 1.31 bits per heavy atom. The maximum atomic E-state index is 13.3. The number of piperidine rings is 1. The molecule has 0 aliphatic carbocycles. The fourth-order valence-corrected chi connectivity index (χ4v) is 3.80. The van der Waals surface area contributed by atoms with Crippen LogP contribution in [0.3, 0.4) is 0 Å². The number of ether oxygens (including phenoxy) is 1. The van der Waals surface area contributed by atoms with E-state index in [1.807, 2.05) is 30.3 Å². The number of fused-ring (bicyclic) bond motifs is 1. The van der Waals surface area contributed by atoms with Gasteiger partial charge in [0.05, 0.1) is 24.5 Å². The van der Waals surface area contributed by atoms with Gasteiger partial charge in [-0.3, -0.25) is 14.4 Å². The van der Waals surface area contributed by atoms with Crippen LogP contribution in [0, 0.1) is 5.41 Å². The number of rotatable bonds is 7. The van der Waals surface area contributed by atoms with Crippen molar-refractivity contribution in [2.45, 2.75) is 45.4 Å². The number of carbonyl (C=O) groups is 3. The normalized spacial score (nSPS) is 21.4. The second-order valence-electron chi connectivity index (χ2n) is 8.97. The molecule has 2 aliphatic heterocycles. The summed E-state index contributed by atoms with van der Waals surface area (Å²) in [7, 11) is 1.62. The molecule has 1 aromatic rings. The van der Waals surface area contributed by atoms with Gasteiger partial charge in [0.15, 0.2) is 0 Å². The van der Waals surface area contributed by atoms with E-state index in [4.69, 9.17) is 10.5 Å². The average Bonchev–Trinajstić information content (AvgIpc) is 2.95. The standard InChI is InChI=1S/C22H31N5O4.ClH/c1-21(2,23)19(29)24-16(13-31-12-15-8-6-5-7-9-15)18(28)27-11-10-17-22(3,14-27)20(30)26(4)25-17;/h5-9,16H,10-14,23H2,1-4H3,(H,24,29);1H/t16-,22+;/m0./s1. The van der Waals surface area contributed by atoms with Crippen molar-refractivity contribution in [1.29, 1.82) is 0 Å². The Hall–Kier alpha value is -2.49. The topological polar surface area (TPSA) is 117 Å². The molecule has 0 spiro atoms. The van der Waals surface area contributed by atoms with Gasteiger partial charge in [-0.05, 0) is 26.3 Å². The number of hydrogen-bond donors (Lipinski definition) is 2. The summed E-state index contributed by atoms with van der Waals surface area (Å²) in [6, 6.07) is 8.66. The lowest BCUT2D eigenvalue weighted by atomic mass is 9.79. The summed E-state index contributed by atoms with van der Waals surface area (Å²) in [6.45, 7) is 5.90. The van der Waals surface area contributed by atoms with E-state index < -0.39 is 22.9 Å². The fourth-order valence-electron chi connectivity index (χ4n) is 3.80. The summed E-state index contributed by atoms with van der Waals surface area (Å²) in [4.78, 5) is 40.0. The number of benzene rings is 1. The van der Waals surface area contributed by atoms with Gasteiger partial charge in [-0.25, -0.2) is 5.01 Å². The van der Waals surface area contributed by atoms with Crippen LogP contribution in [0.25, 0.3) is 0 Å². The summed E-state index contributed by atoms with van der Waals surface area (Å²) in [6.07, 6.45) is 0.506. The lowest BCUT2D eigenvalue weighted by Gasteiger charge is -2.38. The van der Waals surface area contributed by atoms with Gasteiger partial charge >= 0.3 is 0 Å². The van der Waals surface area contributed by atoms with Gasteiger partial charge < -0.3 is 20.7 Å². The largest absolute Gasteiger partial charge is 0.374 e. The minimum Gasteiger partial charge on any atom is -0.374 e. The van der Waals surface area contributed by atoms with Crippen LogP contribution in [0.5, 0.6) is 0 Å². The van der Waals surface area contributed by atoms with Crippen molar-refractivity contribution in [2.75, 3.05) is 26.7 Å². The number of halogens is 1. The first-order valence-corrected chi connectivity index (χ1v) is 10.4. The van der Waals surface area contributed by atoms with Crippen molar-refractivity contribution in [3.63, 3.8) is 0 Å². The maximum Gasteiger partial charge on any atom is 0.255 e. The second-order valence-corrected chi connectivity index (χ2v) is 8.97. The van der Waals surface area contributed by atoms with E-state index in [9.17, 15) is 14.4 Å². The number of likely N-dealkylation sites (tertiary alicyclic amines) is 1. The molecule has 32 heavy (non-hydrogen) atoms. The van der Waals surface area contributed by atoms with Crippen molar-refractivity contribution in [1.82, 2.24) is 15.2 Å². The quantitative estimate of drug-likeness (QED) is 0.620. The molecule has 2 heterocycles. The molecule has 0 saturated carbocycles. The van der Waals surface area contributed by atoms with Crippen LogP contribution in [0.15, 0.2) is 35.4 Å². The van der Waals surface area contributed by atoms with Crippen LogP contribution < -0.4 is 11.1 Å². The highest BCUT2D eigenvalue weighted by Crippen LogP contribution is 2.34. The smallest absolute Gasteiger partial charge is 0.255 e. The number of nitrogens with one attached hydrogen (secondary N) is 1. The van der Waals surface area contributed by atoms with Crippen LogP contribution in [-0.2, 0) is 25.7 Å². The van der Waals surface area contributed by atoms with Gasteiger partial charge in [-0.2, -0.15) is 5.10 Å². The molecular weight excluding hydrogens is 434 g/mol. The van der Waals surface area contributed by atoms with Gasteiger partial charge in [0.1, 0.15) is 11.5 Å². The van der Waals surface area contributed by atoms with Gasteiger partial charge in [0.25, 0.3) is 5.91 Å². The zero-order valence-corrected chi connectivity index (χ0v) is 19.8. The van der Waals surface area contributed by atoms with Gasteiger partial charge in [0, 0.05) is 26.6 Å². The van der Waals surface area contributed by atoms with E-state index in [1.165, 1.54) is 5.01 Å². The van der Waals surface area contributed by atoms with Crippen molar-refractivity contribution >= 4 is 35.8 Å². The van der Waals surface area contributed by atoms with Gasteiger partial charge in [0.2, 0.25) is 11.8 Å². The Bertz CT molecular complexity index is 886. The molecule has 176 valence electrons. The molecule has 3 N–H and O–H groups in total. The van der Waals surface area contributed by atoms with Gasteiger partial charge in [-0.15, -0.1) is 12.4 Å². The first-order valence-electron chi connectivity index (χ1n) is 10.4. The third-order valence-electron chi connectivity index (χ3n) is 5.70. The number of amides is 3. The minimum atomic E-state index is -1.14. The molecule has 0 unspecified atom stereocenters. The Kier molecular flexibility index (Phi) is 8.03. The summed E-state index contributed by atoms with van der Waals surface area (Å²) >= 11 is 0. The molecular formula is C22H32ClN5O4. The van der Waals surface area contributed by atoms with Crippen LogP contribution in [0.1, 0.15) is 32.8 Å². The van der Waals surface area contributed by atoms with Gasteiger partial charge in [-0.1, -0.05) is 30.3 Å². The summed E-state index contributed by atoms with van der Waals surface area (Å²) in [5, 5.41) is 8.38. The highest BCUT2D eigenvalue weighted by Gasteiger charge is 2.50. The number of nitrogens with two attached hydrogens (primary N) is 1. The Balaban J connectivity index is 0.00000363. The van der Waals surface area contributed by atoms with Crippen LogP contribution in [0.2, 0.25) is 0 Å². The number of carbonyl (C=O) groups excluding carboxylic acids is 3. The van der Waals surface area contributed by atoms with Crippen LogP contribution in [0.4, 0.5) is 0 Å². The van der Waals surface area contributed by atoms with Crippen molar-refractivity contribution in [3.8, 4) is 0 Å².